The molecule has 0 atom stereocenters. The normalized spacial score (nSPS) is 10.9. The van der Waals surface area contributed by atoms with E-state index in [0.717, 1.165) is 11.1 Å². The summed E-state index contributed by atoms with van der Waals surface area (Å²) in [5.41, 5.74) is 1.88. The molecule has 0 aliphatic carbocycles. The highest BCUT2D eigenvalue weighted by Crippen LogP contribution is 2.29. The largest absolute Gasteiger partial charge is 0.493 e. The third kappa shape index (κ3) is 5.12. The Hall–Kier alpha value is -2.82. The highest BCUT2D eigenvalue weighted by atomic mass is 16.5. The maximum Gasteiger partial charge on any atom is 0.249 e. The number of amides is 1. The summed E-state index contributed by atoms with van der Waals surface area (Å²) >= 11 is 0. The molecule has 2 rings (SSSR count). The lowest BCUT2D eigenvalue weighted by Gasteiger charge is -2.13. The molecule has 0 fully saturated rings. The number of hydrogen-bond donors (Lipinski definition) is 1. The van der Waals surface area contributed by atoms with Gasteiger partial charge in [0.1, 0.15) is 5.82 Å². The molecule has 0 radical (unpaired) electrons. The summed E-state index contributed by atoms with van der Waals surface area (Å²) in [6.45, 7) is 5.85. The summed E-state index contributed by atoms with van der Waals surface area (Å²) in [4.78, 5) is 16.1. The zero-order valence-corrected chi connectivity index (χ0v) is 14.4. The van der Waals surface area contributed by atoms with E-state index in [2.05, 4.69) is 10.3 Å². The lowest BCUT2D eigenvalue weighted by Crippen LogP contribution is -2.09. The maximum atomic E-state index is 11.9. The van der Waals surface area contributed by atoms with Gasteiger partial charge in [0.2, 0.25) is 5.91 Å². The van der Waals surface area contributed by atoms with Crippen LogP contribution in [0.2, 0.25) is 0 Å². The minimum absolute atomic E-state index is 0.0630. The van der Waals surface area contributed by atoms with E-state index < -0.39 is 0 Å². The molecule has 1 heterocycles. The van der Waals surface area contributed by atoms with Crippen molar-refractivity contribution in [3.63, 3.8) is 0 Å². The number of carbonyl (C=O) groups excluding carboxylic acids is 1. The maximum absolute atomic E-state index is 11.9. The second kappa shape index (κ2) is 8.15. The van der Waals surface area contributed by atoms with Crippen LogP contribution in [0.4, 0.5) is 5.82 Å². The minimum Gasteiger partial charge on any atom is -0.493 e. The zero-order chi connectivity index (χ0) is 17.5. The van der Waals surface area contributed by atoms with Crippen LogP contribution in [-0.2, 0) is 4.79 Å². The number of nitrogens with zero attached hydrogens (tertiary/aromatic N) is 1. The lowest BCUT2D eigenvalue weighted by atomic mass is 10.2. The molecular weight excluding hydrogens is 304 g/mol. The smallest absolute Gasteiger partial charge is 0.249 e. The van der Waals surface area contributed by atoms with Gasteiger partial charge in [0, 0.05) is 12.3 Å². The summed E-state index contributed by atoms with van der Waals surface area (Å²) < 4.78 is 11.0. The predicted octanol–water partition coefficient (Wildman–Crippen LogP) is 3.84. The molecule has 0 saturated carbocycles. The van der Waals surface area contributed by atoms with Crippen molar-refractivity contribution in [2.24, 2.45) is 0 Å². The van der Waals surface area contributed by atoms with Gasteiger partial charge in [-0.1, -0.05) is 12.1 Å². The molecule has 1 aromatic heterocycles. The number of aryl methyl sites for hydroxylation is 1. The van der Waals surface area contributed by atoms with E-state index in [9.17, 15) is 4.79 Å². The average molecular weight is 326 g/mol. The van der Waals surface area contributed by atoms with Crippen LogP contribution >= 0.6 is 0 Å². The topological polar surface area (TPSA) is 60.5 Å². The van der Waals surface area contributed by atoms with E-state index in [1.807, 2.05) is 45.0 Å². The van der Waals surface area contributed by atoms with Gasteiger partial charge in [0.15, 0.2) is 11.5 Å². The Labute approximate surface area is 142 Å². The highest BCUT2D eigenvalue weighted by Gasteiger charge is 2.07. The number of anilines is 1. The van der Waals surface area contributed by atoms with Crippen LogP contribution in [0.3, 0.4) is 0 Å². The Kier molecular flexibility index (Phi) is 5.95. The number of hydrogen-bond acceptors (Lipinski definition) is 4. The SMILES string of the molecule is COc1cc(/C=C/C(=O)Nc2ccc(C)cn2)ccc1OC(C)C. The number of nitrogens with one attached hydrogen (secondary N) is 1. The molecule has 5 nitrogen and oxygen atoms in total. The van der Waals surface area contributed by atoms with Gasteiger partial charge in [0.25, 0.3) is 0 Å². The van der Waals surface area contributed by atoms with Crippen molar-refractivity contribution >= 4 is 17.8 Å². The molecule has 0 saturated heterocycles. The van der Waals surface area contributed by atoms with E-state index in [0.29, 0.717) is 17.3 Å². The summed E-state index contributed by atoms with van der Waals surface area (Å²) in [5.74, 6) is 1.59. The summed E-state index contributed by atoms with van der Waals surface area (Å²) in [6.07, 6.45) is 4.94. The summed E-state index contributed by atoms with van der Waals surface area (Å²) in [6, 6.07) is 9.19. The number of ether oxygens (including phenoxy) is 2. The van der Waals surface area contributed by atoms with Crippen LogP contribution in [0.25, 0.3) is 6.08 Å². The molecule has 1 N–H and O–H groups in total. The number of carbonyl (C=O) groups is 1. The van der Waals surface area contributed by atoms with Crippen LogP contribution in [0.15, 0.2) is 42.6 Å². The molecule has 1 aromatic carbocycles. The Bertz CT molecular complexity index is 722. The van der Waals surface area contributed by atoms with Crippen LogP contribution in [0.5, 0.6) is 11.5 Å². The predicted molar refractivity (Wildman–Crippen MR) is 95.4 cm³/mol. The third-order valence-corrected chi connectivity index (χ3v) is 3.14. The number of benzene rings is 1. The fraction of sp³-hybridized carbons (Fsp3) is 0.263. The summed E-state index contributed by atoms with van der Waals surface area (Å²) in [5, 5.41) is 2.71. The van der Waals surface area contributed by atoms with Crippen LogP contribution in [-0.4, -0.2) is 24.1 Å². The molecule has 24 heavy (non-hydrogen) atoms. The van der Waals surface area contributed by atoms with Gasteiger partial charge in [-0.25, -0.2) is 4.98 Å². The monoisotopic (exact) mass is 326 g/mol. The van der Waals surface area contributed by atoms with E-state index >= 15 is 0 Å². The molecule has 1 amide bonds. The van der Waals surface area contributed by atoms with Crippen LogP contribution in [0, 0.1) is 6.92 Å². The first-order valence-corrected chi connectivity index (χ1v) is 7.74. The molecule has 0 spiro atoms. The molecule has 126 valence electrons. The van der Waals surface area contributed by atoms with E-state index in [-0.39, 0.29) is 12.0 Å². The highest BCUT2D eigenvalue weighted by molar-refractivity contribution is 6.01. The minimum atomic E-state index is -0.243. The quantitative estimate of drug-likeness (QED) is 0.819. The molecular formula is C19H22N2O3. The Balaban J connectivity index is 2.05. The van der Waals surface area contributed by atoms with Gasteiger partial charge in [-0.2, -0.15) is 0 Å². The average Bonchev–Trinajstić information content (AvgIpc) is 2.55. The van der Waals surface area contributed by atoms with Crippen LogP contribution < -0.4 is 14.8 Å². The van der Waals surface area contributed by atoms with Crippen molar-refractivity contribution < 1.29 is 14.3 Å². The Morgan fingerprint density at radius 1 is 1.21 bits per heavy atom. The number of aromatic nitrogens is 1. The van der Waals surface area contributed by atoms with Crippen LogP contribution in [0.1, 0.15) is 25.0 Å². The second-order valence-electron chi connectivity index (χ2n) is 5.62. The number of pyridine rings is 1. The van der Waals surface area contributed by atoms with Gasteiger partial charge < -0.3 is 14.8 Å². The number of methoxy groups -OCH3 is 1. The fourth-order valence-corrected chi connectivity index (χ4v) is 2.02. The fourth-order valence-electron chi connectivity index (χ4n) is 2.02. The van der Waals surface area contributed by atoms with E-state index in [1.54, 1.807) is 25.4 Å². The van der Waals surface area contributed by atoms with Gasteiger partial charge in [0.05, 0.1) is 13.2 Å². The standard InChI is InChI=1S/C19H22N2O3/c1-13(2)24-16-8-6-15(11-17(16)23-4)7-10-19(22)21-18-9-5-14(3)12-20-18/h5-13H,1-4H3,(H,20,21,22)/b10-7+. The zero-order valence-electron chi connectivity index (χ0n) is 14.4. The van der Waals surface area contributed by atoms with E-state index in [1.165, 1.54) is 6.08 Å². The second-order valence-corrected chi connectivity index (χ2v) is 5.62. The van der Waals surface area contributed by atoms with Crippen molar-refractivity contribution in [1.29, 1.82) is 0 Å². The van der Waals surface area contributed by atoms with E-state index in [4.69, 9.17) is 9.47 Å². The van der Waals surface area contributed by atoms with Gasteiger partial charge in [-0.15, -0.1) is 0 Å². The van der Waals surface area contributed by atoms with Crippen molar-refractivity contribution in [3.8, 4) is 11.5 Å². The van der Waals surface area contributed by atoms with Gasteiger partial charge >= 0.3 is 0 Å². The first kappa shape index (κ1) is 17.5. The molecule has 0 bridgehead atoms. The van der Waals surface area contributed by atoms with Crippen molar-refractivity contribution in [2.45, 2.75) is 26.9 Å². The molecule has 0 aliphatic rings. The lowest BCUT2D eigenvalue weighted by molar-refractivity contribution is -0.111. The molecule has 2 aromatic rings. The van der Waals surface area contributed by atoms with Crippen molar-refractivity contribution in [3.05, 3.63) is 53.7 Å². The first-order valence-electron chi connectivity index (χ1n) is 7.74. The number of rotatable bonds is 6. The van der Waals surface area contributed by atoms with Crippen molar-refractivity contribution in [1.82, 2.24) is 4.98 Å². The Morgan fingerprint density at radius 2 is 2.00 bits per heavy atom. The first-order chi connectivity index (χ1) is 11.5. The third-order valence-electron chi connectivity index (χ3n) is 3.14. The Morgan fingerprint density at radius 3 is 2.62 bits per heavy atom. The van der Waals surface area contributed by atoms with Gasteiger partial charge in [-0.05, 0) is 56.2 Å². The molecule has 0 unspecified atom stereocenters. The molecule has 0 aliphatic heterocycles. The molecule has 5 heteroatoms. The van der Waals surface area contributed by atoms with Gasteiger partial charge in [-0.3, -0.25) is 4.79 Å². The summed E-state index contributed by atoms with van der Waals surface area (Å²) in [7, 11) is 1.59. The van der Waals surface area contributed by atoms with Crippen molar-refractivity contribution in [2.75, 3.05) is 12.4 Å².